The minimum Gasteiger partial charge on any atom is -0.492 e. The van der Waals surface area contributed by atoms with Gasteiger partial charge in [-0.3, -0.25) is 10.1 Å². The molecule has 0 spiro atoms. The second-order valence-electron chi connectivity index (χ2n) is 5.06. The van der Waals surface area contributed by atoms with Gasteiger partial charge in [-0.05, 0) is 32.5 Å². The van der Waals surface area contributed by atoms with E-state index in [1.807, 2.05) is 7.05 Å². The summed E-state index contributed by atoms with van der Waals surface area (Å²) in [7, 11) is 1.91. The third-order valence-electron chi connectivity index (χ3n) is 3.54. The number of likely N-dealkylation sites (tertiary alicyclic amines) is 1. The van der Waals surface area contributed by atoms with E-state index >= 15 is 0 Å². The lowest BCUT2D eigenvalue weighted by Crippen LogP contribution is -2.30. The Kier molecular flexibility index (Phi) is 4.36. The Balaban J connectivity index is 2.18. The average Bonchev–Trinajstić information content (AvgIpc) is 2.80. The van der Waals surface area contributed by atoms with E-state index in [2.05, 4.69) is 4.90 Å². The third-order valence-corrected chi connectivity index (χ3v) is 3.54. The molecule has 1 aromatic rings. The van der Waals surface area contributed by atoms with E-state index in [0.29, 0.717) is 6.07 Å². The molecule has 0 aromatic heterocycles. The van der Waals surface area contributed by atoms with Gasteiger partial charge < -0.3 is 9.64 Å². The number of ether oxygens (including phenoxy) is 1. The van der Waals surface area contributed by atoms with Gasteiger partial charge in [-0.2, -0.15) is 13.2 Å². The van der Waals surface area contributed by atoms with Crippen molar-refractivity contribution in [1.29, 1.82) is 0 Å². The Labute approximate surface area is 119 Å². The first kappa shape index (κ1) is 15.6. The van der Waals surface area contributed by atoms with Crippen LogP contribution in [0.2, 0.25) is 0 Å². The molecule has 0 N–H and O–H groups in total. The molecule has 0 saturated carbocycles. The van der Waals surface area contributed by atoms with Crippen LogP contribution >= 0.6 is 0 Å². The van der Waals surface area contributed by atoms with Crippen LogP contribution in [0, 0.1) is 10.1 Å². The summed E-state index contributed by atoms with van der Waals surface area (Å²) >= 11 is 0. The predicted octanol–water partition coefficient (Wildman–Crippen LogP) is 3.09. The predicted molar refractivity (Wildman–Crippen MR) is 69.2 cm³/mol. The van der Waals surface area contributed by atoms with E-state index in [1.54, 1.807) is 0 Å². The molecule has 1 fully saturated rings. The Morgan fingerprint density at radius 1 is 1.43 bits per heavy atom. The Bertz CT molecular complexity index is 534. The molecule has 0 bridgehead atoms. The maximum Gasteiger partial charge on any atom is 0.416 e. The summed E-state index contributed by atoms with van der Waals surface area (Å²) < 4.78 is 43.5. The highest BCUT2D eigenvalue weighted by atomic mass is 19.4. The summed E-state index contributed by atoms with van der Waals surface area (Å²) in [6, 6.07) is 2.44. The van der Waals surface area contributed by atoms with Gasteiger partial charge in [0.2, 0.25) is 0 Å². The molecule has 0 radical (unpaired) electrons. The molecule has 0 unspecified atom stereocenters. The molecule has 1 aliphatic rings. The van der Waals surface area contributed by atoms with Crippen molar-refractivity contribution in [2.45, 2.75) is 25.1 Å². The highest BCUT2D eigenvalue weighted by Gasteiger charge is 2.33. The molecule has 1 heterocycles. The highest BCUT2D eigenvalue weighted by Crippen LogP contribution is 2.35. The topological polar surface area (TPSA) is 55.6 Å². The first-order valence-electron chi connectivity index (χ1n) is 6.47. The Hall–Kier alpha value is -1.83. The number of hydrogen-bond acceptors (Lipinski definition) is 4. The lowest BCUT2D eigenvalue weighted by molar-refractivity contribution is -0.385. The molecule has 2 rings (SSSR count). The van der Waals surface area contributed by atoms with Crippen LogP contribution in [0.3, 0.4) is 0 Å². The summed E-state index contributed by atoms with van der Waals surface area (Å²) in [5, 5.41) is 10.7. The zero-order chi connectivity index (χ0) is 15.6. The van der Waals surface area contributed by atoms with Gasteiger partial charge in [-0.25, -0.2) is 0 Å². The SMILES string of the molecule is CN1CCC[C@H]1COc1cc([N+](=O)[O-])cc(C(F)(F)F)c1. The number of nitrogens with zero attached hydrogens (tertiary/aromatic N) is 2. The van der Waals surface area contributed by atoms with Crippen molar-refractivity contribution < 1.29 is 22.8 Å². The number of halogens is 3. The van der Waals surface area contributed by atoms with Gasteiger partial charge in [-0.1, -0.05) is 0 Å². The minimum atomic E-state index is -4.64. The number of nitro groups is 1. The number of nitro benzene ring substituents is 1. The number of non-ortho nitro benzene ring substituents is 1. The summed E-state index contributed by atoms with van der Waals surface area (Å²) in [5.41, 5.74) is -1.70. The molecule has 1 aliphatic heterocycles. The quantitative estimate of drug-likeness (QED) is 0.633. The van der Waals surface area contributed by atoms with Gasteiger partial charge in [0, 0.05) is 12.1 Å². The standard InChI is InChI=1S/C13H15F3N2O3/c1-17-4-2-3-10(17)8-21-12-6-9(13(14,15)16)5-11(7-12)18(19)20/h5-7,10H,2-4,8H2,1H3/t10-/m0/s1. The Morgan fingerprint density at radius 2 is 2.14 bits per heavy atom. The summed E-state index contributed by atoms with van der Waals surface area (Å²) in [4.78, 5) is 11.9. The molecule has 21 heavy (non-hydrogen) atoms. The van der Waals surface area contributed by atoms with Gasteiger partial charge in [0.25, 0.3) is 5.69 Å². The zero-order valence-corrected chi connectivity index (χ0v) is 11.4. The molecule has 5 nitrogen and oxygen atoms in total. The van der Waals surface area contributed by atoms with E-state index in [1.165, 1.54) is 0 Å². The monoisotopic (exact) mass is 304 g/mol. The molecule has 116 valence electrons. The third kappa shape index (κ3) is 3.84. The van der Waals surface area contributed by atoms with E-state index in [9.17, 15) is 23.3 Å². The van der Waals surface area contributed by atoms with Crippen LogP contribution in [0.15, 0.2) is 18.2 Å². The van der Waals surface area contributed by atoms with Crippen molar-refractivity contribution in [3.8, 4) is 5.75 Å². The van der Waals surface area contributed by atoms with E-state index in [0.717, 1.165) is 31.5 Å². The van der Waals surface area contributed by atoms with E-state index in [-0.39, 0.29) is 18.4 Å². The summed E-state index contributed by atoms with van der Waals surface area (Å²) in [6.07, 6.45) is -2.74. The smallest absolute Gasteiger partial charge is 0.416 e. The Morgan fingerprint density at radius 3 is 2.67 bits per heavy atom. The highest BCUT2D eigenvalue weighted by molar-refractivity contribution is 5.43. The van der Waals surface area contributed by atoms with Crippen molar-refractivity contribution in [3.05, 3.63) is 33.9 Å². The van der Waals surface area contributed by atoms with Gasteiger partial charge in [-0.15, -0.1) is 0 Å². The molecule has 1 aromatic carbocycles. The van der Waals surface area contributed by atoms with Crippen molar-refractivity contribution in [3.63, 3.8) is 0 Å². The van der Waals surface area contributed by atoms with E-state index < -0.39 is 22.4 Å². The van der Waals surface area contributed by atoms with Gasteiger partial charge >= 0.3 is 6.18 Å². The summed E-state index contributed by atoms with van der Waals surface area (Å²) in [5.74, 6) is -0.128. The van der Waals surface area contributed by atoms with Crippen LogP contribution in [0.4, 0.5) is 18.9 Å². The van der Waals surface area contributed by atoms with E-state index in [4.69, 9.17) is 4.74 Å². The molecule has 0 aliphatic carbocycles. The van der Waals surface area contributed by atoms with Gasteiger partial charge in [0.1, 0.15) is 12.4 Å². The number of rotatable bonds is 4. The molecular weight excluding hydrogens is 289 g/mol. The second-order valence-corrected chi connectivity index (χ2v) is 5.06. The van der Waals surface area contributed by atoms with Gasteiger partial charge in [0.15, 0.2) is 0 Å². The number of likely N-dealkylation sites (N-methyl/N-ethyl adjacent to an activating group) is 1. The summed E-state index contributed by atoms with van der Waals surface area (Å²) in [6.45, 7) is 1.13. The molecular formula is C13H15F3N2O3. The molecule has 1 saturated heterocycles. The fourth-order valence-corrected chi connectivity index (χ4v) is 2.32. The second kappa shape index (κ2) is 5.88. The van der Waals surface area contributed by atoms with Gasteiger partial charge in [0.05, 0.1) is 16.6 Å². The first-order chi connectivity index (χ1) is 9.77. The van der Waals surface area contributed by atoms with Crippen LogP contribution in [-0.2, 0) is 6.18 Å². The number of hydrogen-bond donors (Lipinski definition) is 0. The fourth-order valence-electron chi connectivity index (χ4n) is 2.32. The minimum absolute atomic E-state index is 0.124. The fraction of sp³-hybridized carbons (Fsp3) is 0.538. The van der Waals surface area contributed by atoms with Crippen LogP contribution in [-0.4, -0.2) is 36.1 Å². The lowest BCUT2D eigenvalue weighted by Gasteiger charge is -2.20. The zero-order valence-electron chi connectivity index (χ0n) is 11.4. The average molecular weight is 304 g/mol. The lowest BCUT2D eigenvalue weighted by atomic mass is 10.2. The number of benzene rings is 1. The van der Waals surface area contributed by atoms with Crippen molar-refractivity contribution in [1.82, 2.24) is 4.90 Å². The number of alkyl halides is 3. The van der Waals surface area contributed by atoms with Crippen LogP contribution < -0.4 is 4.74 Å². The van der Waals surface area contributed by atoms with Crippen LogP contribution in [0.5, 0.6) is 5.75 Å². The van der Waals surface area contributed by atoms with Crippen molar-refractivity contribution in [2.75, 3.05) is 20.2 Å². The van der Waals surface area contributed by atoms with Crippen molar-refractivity contribution in [2.24, 2.45) is 0 Å². The normalized spacial score (nSPS) is 19.7. The maximum atomic E-state index is 12.7. The largest absolute Gasteiger partial charge is 0.492 e. The molecule has 0 amide bonds. The molecule has 1 atom stereocenters. The maximum absolute atomic E-state index is 12.7. The van der Waals surface area contributed by atoms with Crippen molar-refractivity contribution >= 4 is 5.69 Å². The van der Waals surface area contributed by atoms with Crippen LogP contribution in [0.1, 0.15) is 18.4 Å². The first-order valence-corrected chi connectivity index (χ1v) is 6.47. The van der Waals surface area contributed by atoms with Crippen LogP contribution in [0.25, 0.3) is 0 Å². The molecule has 8 heteroatoms.